The molecule has 3 rings (SSSR count). The third kappa shape index (κ3) is 3.10. The highest BCUT2D eigenvalue weighted by atomic mass is 16.6. The van der Waals surface area contributed by atoms with Crippen LogP contribution in [0.3, 0.4) is 0 Å². The average Bonchev–Trinajstić information content (AvgIpc) is 3.25. The molecule has 0 saturated heterocycles. The first kappa shape index (κ1) is 19.8. The van der Waals surface area contributed by atoms with Gasteiger partial charge in [-0.1, -0.05) is 6.92 Å². The Morgan fingerprint density at radius 1 is 1.18 bits per heavy atom. The number of esters is 1. The molecule has 9 nitrogen and oxygen atoms in total. The number of fused-ring (bicyclic) bond motifs is 1. The second kappa shape index (κ2) is 7.21. The molecule has 0 aromatic carbocycles. The maximum atomic E-state index is 12.8. The molecule has 2 saturated carbocycles. The molecular formula is C19H20O9. The smallest absolute Gasteiger partial charge is 0.374 e. The van der Waals surface area contributed by atoms with Gasteiger partial charge in [-0.15, -0.1) is 0 Å². The van der Waals surface area contributed by atoms with Crippen molar-refractivity contribution in [1.29, 1.82) is 0 Å². The van der Waals surface area contributed by atoms with Gasteiger partial charge in [-0.05, 0) is 31.4 Å². The Kier molecular flexibility index (Phi) is 5.10. The second-order valence-electron chi connectivity index (χ2n) is 7.21. The summed E-state index contributed by atoms with van der Waals surface area (Å²) in [6.07, 6.45) is -0.387. The van der Waals surface area contributed by atoms with Crippen molar-refractivity contribution in [3.63, 3.8) is 0 Å². The number of carboxylic acid groups (broad SMARTS) is 2. The van der Waals surface area contributed by atoms with Crippen molar-refractivity contribution in [2.24, 2.45) is 17.3 Å². The van der Waals surface area contributed by atoms with Crippen molar-refractivity contribution in [2.45, 2.75) is 45.1 Å². The van der Waals surface area contributed by atoms with Crippen LogP contribution in [0, 0.1) is 17.3 Å². The molecule has 0 aliphatic heterocycles. The van der Waals surface area contributed by atoms with E-state index in [2.05, 4.69) is 0 Å². The fourth-order valence-electron chi connectivity index (χ4n) is 4.60. The maximum absolute atomic E-state index is 12.8. The third-order valence-electron chi connectivity index (χ3n) is 5.81. The van der Waals surface area contributed by atoms with Crippen LogP contribution >= 0.6 is 0 Å². The van der Waals surface area contributed by atoms with E-state index in [9.17, 15) is 29.1 Å². The van der Waals surface area contributed by atoms with Gasteiger partial charge in [-0.2, -0.15) is 0 Å². The highest BCUT2D eigenvalue weighted by Gasteiger charge is 2.63. The Morgan fingerprint density at radius 2 is 1.86 bits per heavy atom. The van der Waals surface area contributed by atoms with Crippen molar-refractivity contribution in [1.82, 2.24) is 0 Å². The number of hydrogen-bond donors (Lipinski definition) is 2. The number of carbonyl (C=O) groups excluding carboxylic acids is 3. The van der Waals surface area contributed by atoms with E-state index < -0.39 is 47.0 Å². The fourth-order valence-corrected chi connectivity index (χ4v) is 4.60. The number of carbonyl (C=O) groups is 5. The van der Waals surface area contributed by atoms with Crippen LogP contribution in [0.2, 0.25) is 0 Å². The van der Waals surface area contributed by atoms with Gasteiger partial charge in [0.05, 0.1) is 11.3 Å². The molecule has 2 N–H and O–H groups in total. The predicted octanol–water partition coefficient (Wildman–Crippen LogP) is 1.94. The summed E-state index contributed by atoms with van der Waals surface area (Å²) < 4.78 is 10.3. The van der Waals surface area contributed by atoms with E-state index in [1.54, 1.807) is 6.92 Å². The molecule has 1 aromatic rings. The molecule has 0 spiro atoms. The maximum Gasteiger partial charge on any atom is 0.374 e. The lowest BCUT2D eigenvalue weighted by Crippen LogP contribution is -2.49. The lowest BCUT2D eigenvalue weighted by atomic mass is 9.60. The van der Waals surface area contributed by atoms with Gasteiger partial charge in [0.2, 0.25) is 11.5 Å². The molecule has 0 bridgehead atoms. The summed E-state index contributed by atoms with van der Waals surface area (Å²) in [5, 5.41) is 18.5. The second-order valence-corrected chi connectivity index (χ2v) is 7.21. The molecule has 2 fully saturated rings. The number of furan rings is 1. The Labute approximate surface area is 159 Å². The summed E-state index contributed by atoms with van der Waals surface area (Å²) in [4.78, 5) is 60.1. The van der Waals surface area contributed by atoms with Gasteiger partial charge in [-0.3, -0.25) is 14.4 Å². The van der Waals surface area contributed by atoms with E-state index in [1.165, 1.54) is 6.07 Å². The quantitative estimate of drug-likeness (QED) is 0.693. The molecule has 4 atom stereocenters. The first-order chi connectivity index (χ1) is 13.2. The van der Waals surface area contributed by atoms with Crippen LogP contribution in [0.5, 0.6) is 0 Å². The zero-order chi connectivity index (χ0) is 20.6. The third-order valence-corrected chi connectivity index (χ3v) is 5.81. The van der Waals surface area contributed by atoms with Crippen molar-refractivity contribution >= 4 is 29.5 Å². The Hall–Kier alpha value is -2.97. The number of ketones is 2. The molecule has 150 valence electrons. The molecule has 0 amide bonds. The molecule has 2 aliphatic carbocycles. The van der Waals surface area contributed by atoms with Crippen molar-refractivity contribution in [3.05, 3.63) is 23.7 Å². The highest BCUT2D eigenvalue weighted by molar-refractivity contribution is 6.01. The zero-order valence-electron chi connectivity index (χ0n) is 15.2. The monoisotopic (exact) mass is 392 g/mol. The molecular weight excluding hydrogens is 372 g/mol. The number of ether oxygens (including phenoxy) is 1. The van der Waals surface area contributed by atoms with Gasteiger partial charge in [0.15, 0.2) is 0 Å². The van der Waals surface area contributed by atoms with E-state index in [4.69, 9.17) is 14.3 Å². The van der Waals surface area contributed by atoms with Crippen molar-refractivity contribution in [3.8, 4) is 0 Å². The minimum Gasteiger partial charge on any atom is -0.481 e. The first-order valence-corrected chi connectivity index (χ1v) is 9.03. The molecule has 1 aromatic heterocycles. The summed E-state index contributed by atoms with van der Waals surface area (Å²) in [7, 11) is 0. The molecule has 0 radical (unpaired) electrons. The van der Waals surface area contributed by atoms with Crippen LogP contribution in [0.25, 0.3) is 0 Å². The van der Waals surface area contributed by atoms with Gasteiger partial charge in [-0.25, -0.2) is 9.59 Å². The summed E-state index contributed by atoms with van der Waals surface area (Å²) in [5.74, 6) is -6.53. The summed E-state index contributed by atoms with van der Waals surface area (Å²) >= 11 is 0. The van der Waals surface area contributed by atoms with Gasteiger partial charge < -0.3 is 19.4 Å². The Bertz CT molecular complexity index is 851. The van der Waals surface area contributed by atoms with E-state index in [1.807, 2.05) is 0 Å². The molecule has 1 heterocycles. The zero-order valence-corrected chi connectivity index (χ0v) is 15.2. The SMILES string of the molecule is CCC(=O)C12CC(OC(=O)c3ccc(C(=O)O)o3)CCC1C(=O)CC2C(=O)O. The average molecular weight is 392 g/mol. The lowest BCUT2D eigenvalue weighted by molar-refractivity contribution is -0.157. The van der Waals surface area contributed by atoms with E-state index in [-0.39, 0.29) is 43.0 Å². The van der Waals surface area contributed by atoms with Crippen LogP contribution < -0.4 is 0 Å². The number of carboxylic acids is 2. The summed E-state index contributed by atoms with van der Waals surface area (Å²) in [6.45, 7) is 1.61. The van der Waals surface area contributed by atoms with Crippen molar-refractivity contribution < 1.29 is 43.3 Å². The minimum atomic E-state index is -1.38. The summed E-state index contributed by atoms with van der Waals surface area (Å²) in [5.41, 5.74) is -1.38. The van der Waals surface area contributed by atoms with Crippen molar-refractivity contribution in [2.75, 3.05) is 0 Å². The Morgan fingerprint density at radius 3 is 2.43 bits per heavy atom. The van der Waals surface area contributed by atoms with Crippen LogP contribution in [-0.2, 0) is 19.1 Å². The van der Waals surface area contributed by atoms with E-state index in [0.717, 1.165) is 6.07 Å². The van der Waals surface area contributed by atoms with Crippen LogP contribution in [-0.4, -0.2) is 45.8 Å². The van der Waals surface area contributed by atoms with Gasteiger partial charge >= 0.3 is 17.9 Å². The molecule has 9 heteroatoms. The minimum absolute atomic E-state index is 0.0503. The van der Waals surface area contributed by atoms with Crippen LogP contribution in [0.4, 0.5) is 0 Å². The normalized spacial score (nSPS) is 29.2. The van der Waals surface area contributed by atoms with Crippen LogP contribution in [0.15, 0.2) is 16.5 Å². The van der Waals surface area contributed by atoms with Crippen LogP contribution in [0.1, 0.15) is 60.1 Å². The largest absolute Gasteiger partial charge is 0.481 e. The predicted molar refractivity (Wildman–Crippen MR) is 90.7 cm³/mol. The van der Waals surface area contributed by atoms with E-state index in [0.29, 0.717) is 6.42 Å². The lowest BCUT2D eigenvalue weighted by Gasteiger charge is -2.42. The van der Waals surface area contributed by atoms with Gasteiger partial charge in [0, 0.05) is 18.8 Å². The molecule has 4 unspecified atom stereocenters. The number of aromatic carboxylic acids is 1. The first-order valence-electron chi connectivity index (χ1n) is 9.03. The molecule has 28 heavy (non-hydrogen) atoms. The molecule has 2 aliphatic rings. The number of aliphatic carboxylic acids is 1. The highest BCUT2D eigenvalue weighted by Crippen LogP contribution is 2.55. The standard InChI is InChI=1S/C19H20O9/c1-2-15(21)19-8-9(3-4-10(19)12(20)7-11(19)16(22)23)27-18(26)14-6-5-13(28-14)17(24)25/h5-6,9-11H,2-4,7-8H2,1H3,(H,22,23)(H,24,25). The van der Waals surface area contributed by atoms with E-state index >= 15 is 0 Å². The summed E-state index contributed by atoms with van der Waals surface area (Å²) in [6, 6.07) is 2.29. The van der Waals surface area contributed by atoms with Gasteiger partial charge in [0.1, 0.15) is 17.7 Å². The number of rotatable bonds is 6. The van der Waals surface area contributed by atoms with Gasteiger partial charge in [0.25, 0.3) is 0 Å². The topological polar surface area (TPSA) is 148 Å². The number of hydrogen-bond acceptors (Lipinski definition) is 7. The Balaban J connectivity index is 1.84. The fraction of sp³-hybridized carbons (Fsp3) is 0.526. The number of Topliss-reactive ketones (excluding diaryl/α,β-unsaturated/α-hetero) is 2.